The maximum Gasteiger partial charge on any atom is 0.306 e. The van der Waals surface area contributed by atoms with Crippen molar-refractivity contribution in [2.75, 3.05) is 0 Å². The zero-order chi connectivity index (χ0) is 32.4. The van der Waals surface area contributed by atoms with Gasteiger partial charge in [0.25, 0.3) is 0 Å². The van der Waals surface area contributed by atoms with Crippen LogP contribution < -0.4 is 10.5 Å². The molecule has 0 saturated heterocycles. The average Bonchev–Trinajstić information content (AvgIpc) is 2.83. The molecule has 8 nitrogen and oxygen atoms in total. The molecule has 0 unspecified atom stereocenters. The number of hydrogen-bond acceptors (Lipinski definition) is 7. The predicted octanol–water partition coefficient (Wildman–Crippen LogP) is 7.34. The van der Waals surface area contributed by atoms with Crippen LogP contribution in [0.1, 0.15) is 96.6 Å². The van der Waals surface area contributed by atoms with Crippen molar-refractivity contribution in [2.45, 2.75) is 118 Å². The monoisotopic (exact) mass is 601 g/mol. The van der Waals surface area contributed by atoms with Crippen molar-refractivity contribution >= 4 is 26.2 Å². The van der Waals surface area contributed by atoms with Crippen molar-refractivity contribution in [3.63, 3.8) is 0 Å². The van der Waals surface area contributed by atoms with Gasteiger partial charge in [0, 0.05) is 5.56 Å². The minimum atomic E-state index is -1.90. The highest BCUT2D eigenvalue weighted by molar-refractivity contribution is 6.74. The molecule has 0 atom stereocenters. The maximum atomic E-state index is 11.9. The third kappa shape index (κ3) is 14.6. The molecule has 0 aliphatic heterocycles. The molecule has 0 saturated carbocycles. The molecule has 234 valence electrons. The molecule has 0 aliphatic carbocycles. The molecule has 9 heteroatoms. The summed E-state index contributed by atoms with van der Waals surface area (Å²) in [7, 11) is -1.90. The zero-order valence-corrected chi connectivity index (χ0v) is 28.4. The summed E-state index contributed by atoms with van der Waals surface area (Å²) in [5.41, 5.74) is 6.88. The Labute approximate surface area is 253 Å². The lowest BCUT2D eigenvalue weighted by Gasteiger charge is -2.36. The van der Waals surface area contributed by atoms with Gasteiger partial charge < -0.3 is 24.4 Å². The summed E-state index contributed by atoms with van der Waals surface area (Å²) in [5, 5.41) is 0.110. The minimum absolute atomic E-state index is 0.0617. The van der Waals surface area contributed by atoms with Crippen molar-refractivity contribution in [1.82, 2.24) is 0 Å². The zero-order valence-electron chi connectivity index (χ0n) is 27.4. The molecule has 0 bridgehead atoms. The number of carbonyl (C=O) groups excluding carboxylic acids is 3. The summed E-state index contributed by atoms with van der Waals surface area (Å²) in [6.07, 6.45) is 0.123. The largest absolute Gasteiger partial charge is 0.489 e. The van der Waals surface area contributed by atoms with Gasteiger partial charge in [-0.3, -0.25) is 14.4 Å². The molecule has 2 rings (SSSR count). The van der Waals surface area contributed by atoms with Crippen molar-refractivity contribution in [1.29, 1.82) is 0 Å². The van der Waals surface area contributed by atoms with Gasteiger partial charge in [0.15, 0.2) is 8.32 Å². The van der Waals surface area contributed by atoms with Gasteiger partial charge in [0.2, 0.25) is 5.91 Å². The first-order chi connectivity index (χ1) is 19.1. The van der Waals surface area contributed by atoms with Gasteiger partial charge in [0.1, 0.15) is 23.6 Å². The Morgan fingerprint density at radius 1 is 0.738 bits per heavy atom. The van der Waals surface area contributed by atoms with Crippen LogP contribution in [0.15, 0.2) is 48.5 Å². The Morgan fingerprint density at radius 3 is 1.67 bits per heavy atom. The van der Waals surface area contributed by atoms with E-state index in [9.17, 15) is 14.4 Å². The lowest BCUT2D eigenvalue weighted by atomic mass is 10.1. The molecule has 2 aromatic rings. The lowest BCUT2D eigenvalue weighted by Crippen LogP contribution is -2.40. The van der Waals surface area contributed by atoms with E-state index < -0.39 is 25.4 Å². The fourth-order valence-corrected chi connectivity index (χ4v) is 4.15. The number of amides is 1. The normalized spacial score (nSPS) is 12.1. The topological polar surface area (TPSA) is 114 Å². The van der Waals surface area contributed by atoms with Crippen molar-refractivity contribution in [3.8, 4) is 5.75 Å². The van der Waals surface area contributed by atoms with Crippen molar-refractivity contribution in [2.24, 2.45) is 5.73 Å². The van der Waals surface area contributed by atoms with Gasteiger partial charge in [-0.2, -0.15) is 0 Å². The first-order valence-electron chi connectivity index (χ1n) is 14.3. The highest BCUT2D eigenvalue weighted by Crippen LogP contribution is 2.37. The van der Waals surface area contributed by atoms with E-state index in [4.69, 9.17) is 24.4 Å². The Kier molecular flexibility index (Phi) is 13.5. The van der Waals surface area contributed by atoms with Gasteiger partial charge in [-0.25, -0.2) is 0 Å². The number of hydrogen-bond donors (Lipinski definition) is 1. The summed E-state index contributed by atoms with van der Waals surface area (Å²) < 4.78 is 22.2. The van der Waals surface area contributed by atoms with E-state index >= 15 is 0 Å². The molecule has 0 heterocycles. The Balaban J connectivity index is 0.000000476. The molecule has 0 fully saturated rings. The summed E-state index contributed by atoms with van der Waals surface area (Å²) in [4.78, 5) is 34.5. The van der Waals surface area contributed by atoms with Crippen LogP contribution in [0.2, 0.25) is 18.1 Å². The van der Waals surface area contributed by atoms with Crippen LogP contribution in [-0.2, 0) is 36.7 Å². The number of nitrogens with two attached hydrogens (primary N) is 1. The molecule has 0 radical (unpaired) electrons. The van der Waals surface area contributed by atoms with Gasteiger partial charge in [0.05, 0.1) is 19.4 Å². The standard InChI is InChI=1S/C21H29NO3Si.C12H22O4/c1-21(2,3)26(4,5)25-15-17-11-12-18(13-19(17)20(22)23)24-14-16-9-7-6-8-10-16;1-11(2,3)15-9(13)7-8-10(14)16-12(4,5)6/h6-13H,14-15H2,1-5H3,(H2,22,23);7-8H2,1-6H3. The first kappa shape index (κ1) is 36.9. The van der Waals surface area contributed by atoms with Crippen LogP contribution in [0.4, 0.5) is 0 Å². The molecule has 0 aromatic heterocycles. The highest BCUT2D eigenvalue weighted by Gasteiger charge is 2.37. The molecule has 0 aliphatic rings. The highest BCUT2D eigenvalue weighted by atomic mass is 28.4. The van der Waals surface area contributed by atoms with E-state index in [1.54, 1.807) is 47.6 Å². The SMILES string of the molecule is CC(C)(C)OC(=O)CCC(=O)OC(C)(C)C.CC(C)(C)[Si](C)(C)OCc1ccc(OCc2ccccc2)cc1C(N)=O. The van der Waals surface area contributed by atoms with Crippen LogP contribution in [0.5, 0.6) is 5.75 Å². The number of ether oxygens (including phenoxy) is 3. The molecular weight excluding hydrogens is 550 g/mol. The van der Waals surface area contributed by atoms with E-state index in [0.717, 1.165) is 11.1 Å². The molecule has 2 aromatic carbocycles. The lowest BCUT2D eigenvalue weighted by molar-refractivity contribution is -0.162. The minimum Gasteiger partial charge on any atom is -0.489 e. The average molecular weight is 602 g/mol. The second-order valence-corrected chi connectivity index (χ2v) is 18.5. The van der Waals surface area contributed by atoms with Crippen molar-refractivity contribution in [3.05, 3.63) is 65.2 Å². The summed E-state index contributed by atoms with van der Waals surface area (Å²) in [6.45, 7) is 22.5. The molecule has 2 N–H and O–H groups in total. The van der Waals surface area contributed by atoms with Crippen molar-refractivity contribution < 1.29 is 33.0 Å². The predicted molar refractivity (Wildman–Crippen MR) is 169 cm³/mol. The Bertz CT molecular complexity index is 1150. The van der Waals surface area contributed by atoms with E-state index in [1.165, 1.54) is 0 Å². The number of carbonyl (C=O) groups is 3. The quantitative estimate of drug-likeness (QED) is 0.224. The summed E-state index contributed by atoms with van der Waals surface area (Å²) in [6, 6.07) is 15.3. The summed E-state index contributed by atoms with van der Waals surface area (Å²) in [5.74, 6) is -0.598. The van der Waals surface area contributed by atoms with Crippen LogP contribution in [0.3, 0.4) is 0 Å². The van der Waals surface area contributed by atoms with Crippen LogP contribution in [-0.4, -0.2) is 37.4 Å². The van der Waals surface area contributed by atoms with Crippen LogP contribution >= 0.6 is 0 Å². The van der Waals surface area contributed by atoms with Gasteiger partial charge in [-0.15, -0.1) is 0 Å². The molecule has 42 heavy (non-hydrogen) atoms. The second kappa shape index (κ2) is 15.3. The van der Waals surface area contributed by atoms with E-state index in [0.29, 0.717) is 24.5 Å². The first-order valence-corrected chi connectivity index (χ1v) is 17.2. The number of rotatable bonds is 10. The maximum absolute atomic E-state index is 11.9. The van der Waals surface area contributed by atoms with Gasteiger partial charge >= 0.3 is 11.9 Å². The third-order valence-electron chi connectivity index (χ3n) is 6.36. The van der Waals surface area contributed by atoms with Crippen LogP contribution in [0.25, 0.3) is 0 Å². The van der Waals surface area contributed by atoms with E-state index in [1.807, 2.05) is 42.5 Å². The van der Waals surface area contributed by atoms with E-state index in [2.05, 4.69) is 33.9 Å². The number of benzene rings is 2. The second-order valence-electron chi connectivity index (χ2n) is 13.7. The number of esters is 2. The van der Waals surface area contributed by atoms with Crippen LogP contribution in [0, 0.1) is 0 Å². The summed E-state index contributed by atoms with van der Waals surface area (Å²) >= 11 is 0. The van der Waals surface area contributed by atoms with Gasteiger partial charge in [-0.1, -0.05) is 57.2 Å². The Hall–Kier alpha value is -3.17. The van der Waals surface area contributed by atoms with E-state index in [-0.39, 0.29) is 29.8 Å². The smallest absolute Gasteiger partial charge is 0.306 e. The molecular formula is C33H51NO7Si. The number of primary amides is 1. The molecule has 1 amide bonds. The van der Waals surface area contributed by atoms with Gasteiger partial charge in [-0.05, 0) is 82.9 Å². The molecule has 0 spiro atoms. The Morgan fingerprint density at radius 2 is 1.24 bits per heavy atom. The fourth-order valence-electron chi connectivity index (χ4n) is 3.21. The fraction of sp³-hybridized carbons (Fsp3) is 0.545. The third-order valence-corrected chi connectivity index (χ3v) is 10.8.